The number of hydrogen-bond donors (Lipinski definition) is 0. The minimum atomic E-state index is -0.0403. The van der Waals surface area contributed by atoms with Crippen LogP contribution in [0.3, 0.4) is 0 Å². The highest BCUT2D eigenvalue weighted by molar-refractivity contribution is 5.83. The predicted molar refractivity (Wildman–Crippen MR) is 87.5 cm³/mol. The van der Waals surface area contributed by atoms with Crippen LogP contribution >= 0.6 is 0 Å². The van der Waals surface area contributed by atoms with Crippen LogP contribution in [0.4, 0.5) is 0 Å². The zero-order valence-electron chi connectivity index (χ0n) is 13.8. The monoisotopic (exact) mass is 288 g/mol. The molecule has 0 unspecified atom stereocenters. The first kappa shape index (κ1) is 16.0. The van der Waals surface area contributed by atoms with E-state index in [1.807, 2.05) is 11.8 Å². The molecule has 1 saturated heterocycles. The summed E-state index contributed by atoms with van der Waals surface area (Å²) in [5.74, 6) is 0.890. The molecule has 1 aromatic rings. The molecule has 1 fully saturated rings. The van der Waals surface area contributed by atoms with Crippen molar-refractivity contribution in [1.82, 2.24) is 9.80 Å². The summed E-state index contributed by atoms with van der Waals surface area (Å²) in [4.78, 5) is 16.9. The normalized spacial score (nSPS) is 18.0. The van der Waals surface area contributed by atoms with E-state index in [1.54, 1.807) is 0 Å². The number of likely N-dealkylation sites (N-methyl/N-ethyl adjacent to an activating group) is 1. The summed E-state index contributed by atoms with van der Waals surface area (Å²) in [6, 6.07) is 8.58. The lowest BCUT2D eigenvalue weighted by Gasteiger charge is -2.34. The Bertz CT molecular complexity index is 459. The van der Waals surface area contributed by atoms with E-state index in [1.165, 1.54) is 5.56 Å². The molecular weight excluding hydrogens is 260 g/mol. The van der Waals surface area contributed by atoms with Crippen molar-refractivity contribution in [3.05, 3.63) is 35.4 Å². The molecule has 0 N–H and O–H groups in total. The zero-order chi connectivity index (χ0) is 15.4. The summed E-state index contributed by atoms with van der Waals surface area (Å²) in [5.41, 5.74) is 2.49. The average molecular weight is 288 g/mol. The summed E-state index contributed by atoms with van der Waals surface area (Å²) >= 11 is 0. The van der Waals surface area contributed by atoms with Gasteiger partial charge in [-0.1, -0.05) is 38.1 Å². The molecule has 0 aromatic heterocycles. The maximum Gasteiger partial charge on any atom is 0.229 e. The minimum absolute atomic E-state index is 0.0403. The molecule has 2 rings (SSSR count). The first-order chi connectivity index (χ1) is 9.97. The SMILES string of the molecule is CC(C)Cc1ccc([C@@H](C)C(=O)N2CCN(C)CC2)cc1. The van der Waals surface area contributed by atoms with E-state index < -0.39 is 0 Å². The summed E-state index contributed by atoms with van der Waals surface area (Å²) in [6.45, 7) is 10.1. The highest BCUT2D eigenvalue weighted by Gasteiger charge is 2.24. The van der Waals surface area contributed by atoms with Gasteiger partial charge >= 0.3 is 0 Å². The first-order valence-electron chi connectivity index (χ1n) is 8.03. The Hall–Kier alpha value is -1.35. The van der Waals surface area contributed by atoms with Crippen molar-refractivity contribution in [3.8, 4) is 0 Å². The average Bonchev–Trinajstić information content (AvgIpc) is 2.47. The van der Waals surface area contributed by atoms with Gasteiger partial charge in [0.05, 0.1) is 5.92 Å². The Morgan fingerprint density at radius 3 is 2.14 bits per heavy atom. The maximum atomic E-state index is 12.6. The van der Waals surface area contributed by atoms with Gasteiger partial charge in [-0.25, -0.2) is 0 Å². The molecule has 0 saturated carbocycles. The Morgan fingerprint density at radius 2 is 1.62 bits per heavy atom. The van der Waals surface area contributed by atoms with Gasteiger partial charge in [-0.05, 0) is 37.4 Å². The van der Waals surface area contributed by atoms with Crippen molar-refractivity contribution < 1.29 is 4.79 Å². The predicted octanol–water partition coefficient (Wildman–Crippen LogP) is 2.76. The van der Waals surface area contributed by atoms with Gasteiger partial charge in [0.1, 0.15) is 0 Å². The molecule has 0 radical (unpaired) electrons. The molecule has 3 nitrogen and oxygen atoms in total. The van der Waals surface area contributed by atoms with Crippen LogP contribution in [0.5, 0.6) is 0 Å². The summed E-state index contributed by atoms with van der Waals surface area (Å²) in [5, 5.41) is 0. The number of hydrogen-bond acceptors (Lipinski definition) is 2. The van der Waals surface area contributed by atoms with Crippen LogP contribution in [0.2, 0.25) is 0 Å². The molecule has 0 spiro atoms. The van der Waals surface area contributed by atoms with Crippen LogP contribution in [-0.4, -0.2) is 48.9 Å². The van der Waals surface area contributed by atoms with Crippen LogP contribution in [0.1, 0.15) is 37.8 Å². The Kier molecular flexibility index (Phi) is 5.40. The number of rotatable bonds is 4. The molecule has 0 bridgehead atoms. The van der Waals surface area contributed by atoms with Gasteiger partial charge in [0.2, 0.25) is 5.91 Å². The van der Waals surface area contributed by atoms with E-state index in [2.05, 4.69) is 50.1 Å². The van der Waals surface area contributed by atoms with Crippen LogP contribution in [-0.2, 0) is 11.2 Å². The molecule has 0 aliphatic carbocycles. The molecule has 116 valence electrons. The van der Waals surface area contributed by atoms with Crippen LogP contribution in [0.15, 0.2) is 24.3 Å². The quantitative estimate of drug-likeness (QED) is 0.850. The highest BCUT2D eigenvalue weighted by Crippen LogP contribution is 2.20. The number of carbonyl (C=O) groups excluding carboxylic acids is 1. The topological polar surface area (TPSA) is 23.6 Å². The van der Waals surface area contributed by atoms with Crippen molar-refractivity contribution in [2.75, 3.05) is 33.2 Å². The fourth-order valence-electron chi connectivity index (χ4n) is 2.86. The van der Waals surface area contributed by atoms with Crippen LogP contribution in [0, 0.1) is 5.92 Å². The largest absolute Gasteiger partial charge is 0.340 e. The van der Waals surface area contributed by atoms with Crippen molar-refractivity contribution in [3.63, 3.8) is 0 Å². The number of nitrogens with zero attached hydrogens (tertiary/aromatic N) is 2. The van der Waals surface area contributed by atoms with Crippen molar-refractivity contribution in [2.24, 2.45) is 5.92 Å². The minimum Gasteiger partial charge on any atom is -0.340 e. The Balaban J connectivity index is 1.98. The van der Waals surface area contributed by atoms with Gasteiger partial charge in [0, 0.05) is 26.2 Å². The highest BCUT2D eigenvalue weighted by atomic mass is 16.2. The Morgan fingerprint density at radius 1 is 1.05 bits per heavy atom. The third-order valence-electron chi connectivity index (χ3n) is 4.31. The van der Waals surface area contributed by atoms with Gasteiger partial charge in [0.15, 0.2) is 0 Å². The van der Waals surface area contributed by atoms with Gasteiger partial charge < -0.3 is 9.80 Å². The van der Waals surface area contributed by atoms with E-state index in [-0.39, 0.29) is 11.8 Å². The molecule has 1 aliphatic rings. The molecule has 1 aliphatic heterocycles. The summed E-state index contributed by atoms with van der Waals surface area (Å²) in [6.07, 6.45) is 1.10. The van der Waals surface area contributed by atoms with Crippen LogP contribution in [0.25, 0.3) is 0 Å². The lowest BCUT2D eigenvalue weighted by atomic mass is 9.95. The molecule has 1 amide bonds. The molecule has 1 heterocycles. The van der Waals surface area contributed by atoms with Crippen molar-refractivity contribution in [2.45, 2.75) is 33.1 Å². The van der Waals surface area contributed by atoms with E-state index in [0.29, 0.717) is 5.92 Å². The molecule has 1 aromatic carbocycles. The first-order valence-corrected chi connectivity index (χ1v) is 8.03. The zero-order valence-corrected chi connectivity index (χ0v) is 13.8. The van der Waals surface area contributed by atoms with E-state index in [9.17, 15) is 4.79 Å². The lowest BCUT2D eigenvalue weighted by Crippen LogP contribution is -2.48. The second kappa shape index (κ2) is 7.08. The number of carbonyl (C=O) groups is 1. The van der Waals surface area contributed by atoms with Gasteiger partial charge in [-0.3, -0.25) is 4.79 Å². The standard InChI is InChI=1S/C18H28N2O/c1-14(2)13-16-5-7-17(8-6-16)15(3)18(21)20-11-9-19(4)10-12-20/h5-8,14-15H,9-13H2,1-4H3/t15-/m1/s1. The molecule has 21 heavy (non-hydrogen) atoms. The van der Waals surface area contributed by atoms with E-state index in [4.69, 9.17) is 0 Å². The lowest BCUT2D eigenvalue weighted by molar-refractivity contribution is -0.134. The fourth-order valence-corrected chi connectivity index (χ4v) is 2.86. The second-order valence-corrected chi connectivity index (χ2v) is 6.69. The summed E-state index contributed by atoms with van der Waals surface area (Å²) in [7, 11) is 2.11. The second-order valence-electron chi connectivity index (χ2n) is 6.69. The third kappa shape index (κ3) is 4.31. The fraction of sp³-hybridized carbons (Fsp3) is 0.611. The van der Waals surface area contributed by atoms with Crippen molar-refractivity contribution in [1.29, 1.82) is 0 Å². The third-order valence-corrected chi connectivity index (χ3v) is 4.31. The van der Waals surface area contributed by atoms with Crippen LogP contribution < -0.4 is 0 Å². The van der Waals surface area contributed by atoms with E-state index in [0.717, 1.165) is 38.2 Å². The molecule has 3 heteroatoms. The summed E-state index contributed by atoms with van der Waals surface area (Å²) < 4.78 is 0. The molecular formula is C18H28N2O. The maximum absolute atomic E-state index is 12.6. The van der Waals surface area contributed by atoms with Gasteiger partial charge in [0.25, 0.3) is 0 Å². The smallest absolute Gasteiger partial charge is 0.229 e. The Labute approximate surface area is 128 Å². The van der Waals surface area contributed by atoms with Gasteiger partial charge in [-0.2, -0.15) is 0 Å². The van der Waals surface area contributed by atoms with E-state index >= 15 is 0 Å². The number of amides is 1. The van der Waals surface area contributed by atoms with Gasteiger partial charge in [-0.15, -0.1) is 0 Å². The number of piperazine rings is 1. The number of benzene rings is 1. The van der Waals surface area contributed by atoms with Crippen molar-refractivity contribution >= 4 is 5.91 Å². The molecule has 1 atom stereocenters.